The second-order valence-electron chi connectivity index (χ2n) is 8.39. The molecule has 136 valence electrons. The molecular weight excluding hydrogens is 304 g/mol. The minimum atomic E-state index is -0.456. The minimum Gasteiger partial charge on any atom is -0.444 e. The van der Waals surface area contributed by atoms with Gasteiger partial charge in [-0.25, -0.2) is 4.79 Å². The smallest absolute Gasteiger partial charge is 0.410 e. The molecular formula is C19H32N2O3. The molecule has 0 unspecified atom stereocenters. The Kier molecular flexibility index (Phi) is 5.61. The number of amides is 1. The highest BCUT2D eigenvalue weighted by atomic mass is 16.6. The number of hydrogen-bond donors (Lipinski definition) is 0. The molecule has 0 spiro atoms. The Hall–Kier alpha value is -1.52. The van der Waals surface area contributed by atoms with E-state index in [9.17, 15) is 4.79 Å². The lowest BCUT2D eigenvalue weighted by molar-refractivity contribution is 0.0228. The molecule has 0 N–H and O–H groups in total. The van der Waals surface area contributed by atoms with Gasteiger partial charge in [-0.1, -0.05) is 25.9 Å². The van der Waals surface area contributed by atoms with E-state index in [0.29, 0.717) is 5.92 Å². The zero-order valence-corrected chi connectivity index (χ0v) is 16.0. The second kappa shape index (κ2) is 7.16. The molecule has 1 atom stereocenters. The summed E-state index contributed by atoms with van der Waals surface area (Å²) in [5.41, 5.74) is 0.728. The lowest BCUT2D eigenvalue weighted by Gasteiger charge is -2.38. The van der Waals surface area contributed by atoms with E-state index >= 15 is 0 Å². The van der Waals surface area contributed by atoms with E-state index in [1.807, 2.05) is 31.9 Å². The molecule has 2 rings (SSSR count). The summed E-state index contributed by atoms with van der Waals surface area (Å²) in [6, 6.07) is 0. The summed E-state index contributed by atoms with van der Waals surface area (Å²) < 4.78 is 11.1. The lowest BCUT2D eigenvalue weighted by atomic mass is 9.67. The Balaban J connectivity index is 2.01. The molecule has 24 heavy (non-hydrogen) atoms. The van der Waals surface area contributed by atoms with Crippen LogP contribution in [0.1, 0.15) is 72.1 Å². The number of nitrogens with zero attached hydrogens (tertiary/aromatic N) is 2. The summed E-state index contributed by atoms with van der Waals surface area (Å²) in [6.07, 6.45) is 5.63. The monoisotopic (exact) mass is 336 g/mol. The molecule has 0 fully saturated rings. The van der Waals surface area contributed by atoms with Crippen molar-refractivity contribution < 1.29 is 14.1 Å². The number of carbonyl (C=O) groups is 1. The van der Waals surface area contributed by atoms with Crippen LogP contribution in [0.5, 0.6) is 0 Å². The van der Waals surface area contributed by atoms with E-state index in [1.54, 1.807) is 0 Å². The van der Waals surface area contributed by atoms with Crippen LogP contribution in [0.3, 0.4) is 0 Å². The Morgan fingerprint density at radius 3 is 2.75 bits per heavy atom. The van der Waals surface area contributed by atoms with Crippen molar-refractivity contribution in [3.05, 3.63) is 17.5 Å². The number of ether oxygens (including phenoxy) is 1. The van der Waals surface area contributed by atoms with Gasteiger partial charge in [0.05, 0.1) is 6.20 Å². The largest absolute Gasteiger partial charge is 0.444 e. The van der Waals surface area contributed by atoms with Crippen molar-refractivity contribution in [2.24, 2.45) is 5.92 Å². The third kappa shape index (κ3) is 4.31. The average molecular weight is 336 g/mol. The highest BCUT2D eigenvalue weighted by Crippen LogP contribution is 2.42. The predicted octanol–water partition coefficient (Wildman–Crippen LogP) is 4.55. The van der Waals surface area contributed by atoms with Gasteiger partial charge in [-0.3, -0.25) is 0 Å². The predicted molar refractivity (Wildman–Crippen MR) is 94.1 cm³/mol. The number of rotatable bonds is 5. The molecule has 0 bridgehead atoms. The van der Waals surface area contributed by atoms with E-state index in [1.165, 1.54) is 5.56 Å². The van der Waals surface area contributed by atoms with E-state index < -0.39 is 5.60 Å². The Morgan fingerprint density at radius 2 is 2.12 bits per heavy atom. The third-order valence-corrected chi connectivity index (χ3v) is 4.90. The SMILES string of the molecule is CCCN(CC[C@H]1CCc2cnoc2C1(C)C)C(=O)OC(C)(C)C. The molecule has 0 radical (unpaired) electrons. The van der Waals surface area contributed by atoms with Crippen LogP contribution in [0.4, 0.5) is 4.79 Å². The molecule has 1 aliphatic carbocycles. The zero-order chi connectivity index (χ0) is 18.0. The van der Waals surface area contributed by atoms with Crippen LogP contribution in [-0.2, 0) is 16.6 Å². The summed E-state index contributed by atoms with van der Waals surface area (Å²) in [5.74, 6) is 1.48. The topological polar surface area (TPSA) is 55.6 Å². The maximum atomic E-state index is 12.4. The molecule has 5 heteroatoms. The Labute approximate surface area is 145 Å². The molecule has 1 aliphatic rings. The van der Waals surface area contributed by atoms with Gasteiger partial charge in [0.2, 0.25) is 0 Å². The molecule has 0 saturated carbocycles. The summed E-state index contributed by atoms with van der Waals surface area (Å²) in [5, 5.41) is 3.97. The van der Waals surface area contributed by atoms with Crippen LogP contribution in [0.25, 0.3) is 0 Å². The Bertz CT molecular complexity index is 557. The van der Waals surface area contributed by atoms with Gasteiger partial charge in [-0.15, -0.1) is 0 Å². The standard InChI is InChI=1S/C19H32N2O3/c1-7-11-21(17(22)23-18(2,3)4)12-10-15-9-8-14-13-20-24-16(14)19(15,5)6/h13,15H,7-12H2,1-6H3/t15-/m1/s1. The van der Waals surface area contributed by atoms with E-state index in [4.69, 9.17) is 9.26 Å². The first-order valence-electron chi connectivity index (χ1n) is 9.07. The first-order chi connectivity index (χ1) is 11.1. The fraction of sp³-hybridized carbons (Fsp3) is 0.789. The van der Waals surface area contributed by atoms with Gasteiger partial charge in [0.15, 0.2) is 0 Å². The minimum absolute atomic E-state index is 0.0457. The number of hydrogen-bond acceptors (Lipinski definition) is 4. The first kappa shape index (κ1) is 18.8. The Morgan fingerprint density at radius 1 is 1.42 bits per heavy atom. The van der Waals surface area contributed by atoms with Crippen LogP contribution >= 0.6 is 0 Å². The van der Waals surface area contributed by atoms with Gasteiger partial charge in [0, 0.05) is 24.1 Å². The number of fused-ring (bicyclic) bond motifs is 1. The van der Waals surface area contributed by atoms with E-state index in [-0.39, 0.29) is 11.5 Å². The maximum Gasteiger partial charge on any atom is 0.410 e. The van der Waals surface area contributed by atoms with Crippen LogP contribution in [0.15, 0.2) is 10.7 Å². The number of aromatic nitrogens is 1. The molecule has 0 aromatic carbocycles. The quantitative estimate of drug-likeness (QED) is 0.791. The first-order valence-corrected chi connectivity index (χ1v) is 9.07. The molecule has 0 saturated heterocycles. The lowest BCUT2D eigenvalue weighted by Crippen LogP contribution is -2.40. The highest BCUT2D eigenvalue weighted by molar-refractivity contribution is 5.68. The van der Waals surface area contributed by atoms with Crippen molar-refractivity contribution in [1.82, 2.24) is 10.1 Å². The van der Waals surface area contributed by atoms with Crippen molar-refractivity contribution in [1.29, 1.82) is 0 Å². The third-order valence-electron chi connectivity index (χ3n) is 4.90. The number of aryl methyl sites for hydroxylation is 1. The van der Waals surface area contributed by atoms with Crippen molar-refractivity contribution in [3.63, 3.8) is 0 Å². The molecule has 1 aromatic rings. The molecule has 1 amide bonds. The fourth-order valence-electron chi connectivity index (χ4n) is 3.55. The van der Waals surface area contributed by atoms with Gasteiger partial charge in [-0.05, 0) is 52.4 Å². The maximum absolute atomic E-state index is 12.4. The molecule has 1 aromatic heterocycles. The van der Waals surface area contributed by atoms with Gasteiger partial charge < -0.3 is 14.2 Å². The molecule has 1 heterocycles. The normalized spacial score (nSPS) is 19.7. The van der Waals surface area contributed by atoms with Gasteiger partial charge in [-0.2, -0.15) is 0 Å². The van der Waals surface area contributed by atoms with Crippen molar-refractivity contribution in [2.45, 2.75) is 78.2 Å². The fourth-order valence-corrected chi connectivity index (χ4v) is 3.55. The second-order valence-corrected chi connectivity index (χ2v) is 8.39. The van der Waals surface area contributed by atoms with Gasteiger partial charge in [0.25, 0.3) is 0 Å². The van der Waals surface area contributed by atoms with E-state index in [0.717, 1.165) is 44.5 Å². The van der Waals surface area contributed by atoms with Crippen molar-refractivity contribution >= 4 is 6.09 Å². The summed E-state index contributed by atoms with van der Waals surface area (Å²) >= 11 is 0. The van der Waals surface area contributed by atoms with Crippen LogP contribution < -0.4 is 0 Å². The van der Waals surface area contributed by atoms with Crippen LogP contribution in [0.2, 0.25) is 0 Å². The van der Waals surface area contributed by atoms with Crippen molar-refractivity contribution in [2.75, 3.05) is 13.1 Å². The summed E-state index contributed by atoms with van der Waals surface area (Å²) in [6.45, 7) is 13.7. The molecule has 0 aliphatic heterocycles. The van der Waals surface area contributed by atoms with Crippen LogP contribution in [-0.4, -0.2) is 34.8 Å². The molecule has 5 nitrogen and oxygen atoms in total. The van der Waals surface area contributed by atoms with Crippen molar-refractivity contribution in [3.8, 4) is 0 Å². The summed E-state index contributed by atoms with van der Waals surface area (Å²) in [7, 11) is 0. The average Bonchev–Trinajstić information content (AvgIpc) is 2.93. The zero-order valence-electron chi connectivity index (χ0n) is 16.0. The van der Waals surface area contributed by atoms with E-state index in [2.05, 4.69) is 25.9 Å². The number of carbonyl (C=O) groups excluding carboxylic acids is 1. The highest BCUT2D eigenvalue weighted by Gasteiger charge is 2.40. The van der Waals surface area contributed by atoms with Gasteiger partial charge in [0.1, 0.15) is 11.4 Å². The van der Waals surface area contributed by atoms with Gasteiger partial charge >= 0.3 is 6.09 Å². The van der Waals surface area contributed by atoms with Crippen LogP contribution in [0, 0.1) is 5.92 Å². The summed E-state index contributed by atoms with van der Waals surface area (Å²) in [4.78, 5) is 14.3.